The van der Waals surface area contributed by atoms with Gasteiger partial charge in [-0.2, -0.15) is 0 Å². The highest BCUT2D eigenvalue weighted by Crippen LogP contribution is 2.23. The molecule has 31 heavy (non-hydrogen) atoms. The van der Waals surface area contributed by atoms with E-state index >= 15 is 0 Å². The number of imide groups is 1. The van der Waals surface area contributed by atoms with Crippen molar-refractivity contribution in [3.05, 3.63) is 88.7 Å². The first-order valence-corrected chi connectivity index (χ1v) is 11.2. The number of carbonyl (C=O) groups excluding carboxylic acids is 2. The first-order valence-electron chi connectivity index (χ1n) is 9.76. The maximum atomic E-state index is 12.7. The number of amides is 2. The van der Waals surface area contributed by atoms with Gasteiger partial charge in [-0.3, -0.25) is 24.2 Å². The van der Waals surface area contributed by atoms with E-state index in [4.69, 9.17) is 0 Å². The Bertz CT molecular complexity index is 1250. The smallest absolute Gasteiger partial charge is 0.279 e. The van der Waals surface area contributed by atoms with Gasteiger partial charge in [-0.25, -0.2) is 8.42 Å². The van der Waals surface area contributed by atoms with Crippen LogP contribution in [0.15, 0.2) is 65.7 Å². The van der Waals surface area contributed by atoms with Crippen LogP contribution in [0.1, 0.15) is 37.5 Å². The molecule has 0 saturated heterocycles. The summed E-state index contributed by atoms with van der Waals surface area (Å²) < 4.78 is 28.1. The fourth-order valence-corrected chi connectivity index (χ4v) is 4.56. The summed E-state index contributed by atoms with van der Waals surface area (Å²) in [6, 6.07) is 15.2. The van der Waals surface area contributed by atoms with Crippen molar-refractivity contribution in [1.82, 2.24) is 9.88 Å². The molecule has 7 nitrogen and oxygen atoms in total. The first-order chi connectivity index (χ1) is 14.8. The van der Waals surface area contributed by atoms with Crippen LogP contribution < -0.4 is 4.72 Å². The molecule has 1 aromatic heterocycles. The van der Waals surface area contributed by atoms with Crippen LogP contribution in [-0.4, -0.2) is 36.7 Å². The minimum atomic E-state index is -3.73. The lowest BCUT2D eigenvalue weighted by Crippen LogP contribution is -2.31. The van der Waals surface area contributed by atoms with Crippen molar-refractivity contribution in [3.63, 3.8) is 0 Å². The van der Waals surface area contributed by atoms with Crippen molar-refractivity contribution in [2.45, 2.75) is 25.2 Å². The molecule has 2 amide bonds. The van der Waals surface area contributed by atoms with Crippen LogP contribution in [0, 0.1) is 13.8 Å². The van der Waals surface area contributed by atoms with Crippen molar-refractivity contribution >= 4 is 27.5 Å². The van der Waals surface area contributed by atoms with Gasteiger partial charge in [-0.05, 0) is 67.3 Å². The molecule has 158 valence electrons. The Labute approximate surface area is 180 Å². The Morgan fingerprint density at radius 1 is 0.968 bits per heavy atom. The lowest BCUT2D eigenvalue weighted by Gasteiger charge is -2.14. The summed E-state index contributed by atoms with van der Waals surface area (Å²) >= 11 is 0. The van der Waals surface area contributed by atoms with Crippen LogP contribution in [0.25, 0.3) is 0 Å². The number of benzene rings is 2. The molecule has 0 saturated carbocycles. The number of aryl methyl sites for hydroxylation is 2. The van der Waals surface area contributed by atoms with Crippen molar-refractivity contribution in [2.24, 2.45) is 0 Å². The van der Waals surface area contributed by atoms with E-state index in [1.165, 1.54) is 23.2 Å². The van der Waals surface area contributed by atoms with Crippen LogP contribution >= 0.6 is 0 Å². The SMILES string of the molecule is Cc1ccc(C)c(NS(=O)(=O)c2ccc(CCN3C(=O)c4cccnc4C3=O)cc2)c1. The van der Waals surface area contributed by atoms with E-state index in [0.29, 0.717) is 17.7 Å². The summed E-state index contributed by atoms with van der Waals surface area (Å²) in [4.78, 5) is 30.1. The molecule has 0 unspecified atom stereocenters. The van der Waals surface area contributed by atoms with Gasteiger partial charge >= 0.3 is 0 Å². The van der Waals surface area contributed by atoms with Gasteiger partial charge in [0.2, 0.25) is 0 Å². The van der Waals surface area contributed by atoms with E-state index < -0.39 is 15.9 Å². The quantitative estimate of drug-likeness (QED) is 0.599. The molecular weight excluding hydrogens is 414 g/mol. The van der Waals surface area contributed by atoms with Gasteiger partial charge in [0, 0.05) is 12.7 Å². The number of carbonyl (C=O) groups is 2. The normalized spacial score (nSPS) is 13.4. The molecule has 0 atom stereocenters. The third-order valence-corrected chi connectivity index (χ3v) is 6.61. The number of nitrogens with one attached hydrogen (secondary N) is 1. The number of aromatic nitrogens is 1. The molecule has 2 heterocycles. The van der Waals surface area contributed by atoms with Gasteiger partial charge in [0.1, 0.15) is 5.69 Å². The minimum Gasteiger partial charge on any atom is -0.279 e. The number of nitrogens with zero attached hydrogens (tertiary/aromatic N) is 2. The molecule has 1 aliphatic heterocycles. The molecule has 8 heteroatoms. The summed E-state index contributed by atoms with van der Waals surface area (Å²) in [7, 11) is -3.73. The molecular formula is C23H21N3O4S. The molecule has 4 rings (SSSR count). The summed E-state index contributed by atoms with van der Waals surface area (Å²) in [6.45, 7) is 3.94. The van der Waals surface area contributed by atoms with E-state index in [1.807, 2.05) is 26.0 Å². The van der Waals surface area contributed by atoms with E-state index in [-0.39, 0.29) is 23.0 Å². The number of rotatable bonds is 6. The van der Waals surface area contributed by atoms with Crippen LogP contribution in [0.4, 0.5) is 5.69 Å². The van der Waals surface area contributed by atoms with Gasteiger partial charge in [-0.15, -0.1) is 0 Å². The fourth-order valence-electron chi connectivity index (χ4n) is 3.44. The van der Waals surface area contributed by atoms with Gasteiger partial charge in [0.05, 0.1) is 16.1 Å². The highest BCUT2D eigenvalue weighted by Gasteiger charge is 2.36. The van der Waals surface area contributed by atoms with Crippen LogP contribution in [-0.2, 0) is 16.4 Å². The third kappa shape index (κ3) is 4.06. The number of anilines is 1. The molecule has 0 spiro atoms. The number of sulfonamides is 1. The minimum absolute atomic E-state index is 0.141. The van der Waals surface area contributed by atoms with Crippen LogP contribution in [0.3, 0.4) is 0 Å². The average molecular weight is 436 g/mol. The maximum Gasteiger partial charge on any atom is 0.280 e. The Kier molecular flexibility index (Phi) is 5.32. The fraction of sp³-hybridized carbons (Fsp3) is 0.174. The van der Waals surface area contributed by atoms with E-state index in [2.05, 4.69) is 9.71 Å². The van der Waals surface area contributed by atoms with E-state index in [9.17, 15) is 18.0 Å². The van der Waals surface area contributed by atoms with Crippen LogP contribution in [0.2, 0.25) is 0 Å². The van der Waals surface area contributed by atoms with Gasteiger partial charge in [0.15, 0.2) is 0 Å². The predicted octanol–water partition coefficient (Wildman–Crippen LogP) is 3.34. The van der Waals surface area contributed by atoms with Crippen molar-refractivity contribution < 1.29 is 18.0 Å². The summed E-state index contributed by atoms with van der Waals surface area (Å²) in [5.41, 5.74) is 3.64. The number of hydrogen-bond donors (Lipinski definition) is 1. The number of pyridine rings is 1. The van der Waals surface area contributed by atoms with Gasteiger partial charge < -0.3 is 0 Å². The number of hydrogen-bond acceptors (Lipinski definition) is 5. The Morgan fingerprint density at radius 3 is 2.42 bits per heavy atom. The van der Waals surface area contributed by atoms with Crippen molar-refractivity contribution in [3.8, 4) is 0 Å². The lowest BCUT2D eigenvalue weighted by atomic mass is 10.1. The standard InChI is InChI=1S/C23H21N3O4S/c1-15-5-6-16(2)20(14-15)25-31(29,30)18-9-7-17(8-10-18)11-13-26-22(27)19-4-3-12-24-21(19)23(26)28/h3-10,12,14,25H,11,13H2,1-2H3. The Morgan fingerprint density at radius 2 is 1.71 bits per heavy atom. The molecule has 0 radical (unpaired) electrons. The third-order valence-electron chi connectivity index (χ3n) is 5.23. The lowest BCUT2D eigenvalue weighted by molar-refractivity contribution is 0.0654. The summed E-state index contributed by atoms with van der Waals surface area (Å²) in [6.07, 6.45) is 1.90. The summed E-state index contributed by atoms with van der Waals surface area (Å²) in [5.74, 6) is -0.762. The molecule has 1 aliphatic rings. The zero-order valence-corrected chi connectivity index (χ0v) is 17.9. The maximum absolute atomic E-state index is 12.7. The number of fused-ring (bicyclic) bond motifs is 1. The topological polar surface area (TPSA) is 96.4 Å². The van der Waals surface area contributed by atoms with E-state index in [1.54, 1.807) is 30.3 Å². The predicted molar refractivity (Wildman–Crippen MR) is 116 cm³/mol. The molecule has 3 aromatic rings. The monoisotopic (exact) mass is 435 g/mol. The van der Waals surface area contributed by atoms with Crippen molar-refractivity contribution in [2.75, 3.05) is 11.3 Å². The highest BCUT2D eigenvalue weighted by molar-refractivity contribution is 7.92. The van der Waals surface area contributed by atoms with Gasteiger partial charge in [-0.1, -0.05) is 24.3 Å². The second-order valence-corrected chi connectivity index (χ2v) is 9.16. The van der Waals surface area contributed by atoms with Gasteiger partial charge in [0.25, 0.3) is 21.8 Å². The zero-order chi connectivity index (χ0) is 22.2. The Hall–Kier alpha value is -3.52. The van der Waals surface area contributed by atoms with Crippen molar-refractivity contribution in [1.29, 1.82) is 0 Å². The zero-order valence-electron chi connectivity index (χ0n) is 17.1. The molecule has 1 N–H and O–H groups in total. The average Bonchev–Trinajstić information content (AvgIpc) is 2.99. The molecule has 0 fully saturated rings. The molecule has 0 aliphatic carbocycles. The first kappa shape index (κ1) is 20.7. The Balaban J connectivity index is 1.45. The van der Waals surface area contributed by atoms with E-state index in [0.717, 1.165) is 16.7 Å². The van der Waals surface area contributed by atoms with Crippen LogP contribution in [0.5, 0.6) is 0 Å². The molecule has 2 aromatic carbocycles. The highest BCUT2D eigenvalue weighted by atomic mass is 32.2. The largest absolute Gasteiger partial charge is 0.280 e. The molecule has 0 bridgehead atoms. The summed E-state index contributed by atoms with van der Waals surface area (Å²) in [5, 5.41) is 0. The second-order valence-electron chi connectivity index (χ2n) is 7.48. The second kappa shape index (κ2) is 7.96.